The van der Waals surface area contributed by atoms with Crippen molar-refractivity contribution in [2.45, 2.75) is 25.7 Å². The van der Waals surface area contributed by atoms with Gasteiger partial charge in [-0.05, 0) is 24.5 Å². The number of rotatable bonds is 3. The van der Waals surface area contributed by atoms with Crippen LogP contribution in [-0.2, 0) is 10.0 Å². The van der Waals surface area contributed by atoms with E-state index in [0.29, 0.717) is 18.7 Å². The van der Waals surface area contributed by atoms with Gasteiger partial charge in [-0.25, -0.2) is 17.9 Å². The Kier molecular flexibility index (Phi) is 4.03. The van der Waals surface area contributed by atoms with E-state index in [1.807, 2.05) is 13.8 Å². The molecule has 21 heavy (non-hydrogen) atoms. The van der Waals surface area contributed by atoms with Crippen LogP contribution in [0, 0.1) is 24.1 Å². The smallest absolute Gasteiger partial charge is 0.240 e. The van der Waals surface area contributed by atoms with Crippen molar-refractivity contribution in [3.8, 4) is 0 Å². The molecule has 0 radical (unpaired) electrons. The molecule has 1 aromatic rings. The van der Waals surface area contributed by atoms with Gasteiger partial charge in [-0.1, -0.05) is 19.9 Å². The maximum absolute atomic E-state index is 14.5. The molecule has 118 valence electrons. The number of hydrogen-bond donors (Lipinski definition) is 2. The van der Waals surface area contributed by atoms with E-state index < -0.39 is 21.3 Å². The summed E-state index contributed by atoms with van der Waals surface area (Å²) in [4.78, 5) is 1.46. The fourth-order valence-corrected chi connectivity index (χ4v) is 3.50. The van der Waals surface area contributed by atoms with Crippen LogP contribution in [-0.4, -0.2) is 33.2 Å². The predicted octanol–water partition coefficient (Wildman–Crippen LogP) is 1.24. The number of aliphatic hydroxyl groups is 1. The van der Waals surface area contributed by atoms with Gasteiger partial charge in [0.1, 0.15) is 4.90 Å². The first-order chi connectivity index (χ1) is 9.60. The first-order valence-corrected chi connectivity index (χ1v) is 8.32. The van der Waals surface area contributed by atoms with Crippen LogP contribution in [0.3, 0.4) is 0 Å². The highest BCUT2D eigenvalue weighted by molar-refractivity contribution is 7.89. The van der Waals surface area contributed by atoms with Gasteiger partial charge in [0.15, 0.2) is 5.82 Å². The molecule has 2 unspecified atom stereocenters. The van der Waals surface area contributed by atoms with Gasteiger partial charge in [0.05, 0.1) is 12.3 Å². The molecular weight excluding hydrogens is 295 g/mol. The maximum Gasteiger partial charge on any atom is 0.240 e. The van der Waals surface area contributed by atoms with Crippen molar-refractivity contribution in [2.24, 2.45) is 16.5 Å². The van der Waals surface area contributed by atoms with Gasteiger partial charge in [-0.3, -0.25) is 0 Å². The summed E-state index contributed by atoms with van der Waals surface area (Å²) in [6.45, 7) is 6.26. The Morgan fingerprint density at radius 1 is 1.52 bits per heavy atom. The second-order valence-corrected chi connectivity index (χ2v) is 7.71. The third-order valence-electron chi connectivity index (χ3n) is 4.49. The van der Waals surface area contributed by atoms with Crippen molar-refractivity contribution in [2.75, 3.05) is 24.6 Å². The van der Waals surface area contributed by atoms with Crippen LogP contribution in [0.25, 0.3) is 0 Å². The van der Waals surface area contributed by atoms with Crippen molar-refractivity contribution >= 4 is 15.7 Å². The molecule has 1 aromatic carbocycles. The molecule has 1 aliphatic rings. The molecule has 7 heteroatoms. The number of halogens is 1. The van der Waals surface area contributed by atoms with Gasteiger partial charge < -0.3 is 10.0 Å². The summed E-state index contributed by atoms with van der Waals surface area (Å²) in [5.41, 5.74) is -0.0181. The molecule has 0 spiro atoms. The summed E-state index contributed by atoms with van der Waals surface area (Å²) in [6, 6.07) is 2.74. The Balaban J connectivity index is 2.57. The van der Waals surface area contributed by atoms with Gasteiger partial charge >= 0.3 is 0 Å². The molecule has 1 saturated heterocycles. The van der Waals surface area contributed by atoms with Gasteiger partial charge in [0.25, 0.3) is 0 Å². The van der Waals surface area contributed by atoms with E-state index in [-0.39, 0.29) is 23.1 Å². The molecule has 0 bridgehead atoms. The Morgan fingerprint density at radius 2 is 2.14 bits per heavy atom. The number of aliphatic hydroxyl groups excluding tert-OH is 1. The largest absolute Gasteiger partial charge is 0.396 e. The molecule has 5 nitrogen and oxygen atoms in total. The van der Waals surface area contributed by atoms with Crippen LogP contribution in [0.1, 0.15) is 19.4 Å². The summed E-state index contributed by atoms with van der Waals surface area (Å²) in [7, 11) is -4.02. The number of nitrogens with two attached hydrogens (primary N) is 1. The summed E-state index contributed by atoms with van der Waals surface area (Å²) in [5, 5.41) is 14.8. The lowest BCUT2D eigenvalue weighted by atomic mass is 9.82. The molecule has 2 rings (SSSR count). The number of nitrogens with zero attached hydrogens (tertiary/aromatic N) is 1. The zero-order chi connectivity index (χ0) is 16.0. The minimum absolute atomic E-state index is 0.0153. The van der Waals surface area contributed by atoms with E-state index in [1.54, 1.807) is 11.8 Å². The van der Waals surface area contributed by atoms with Crippen LogP contribution >= 0.6 is 0 Å². The fraction of sp³-hybridized carbons (Fsp3) is 0.571. The molecular formula is C14H21FN2O3S. The Hall–Kier alpha value is -1.18. The average molecular weight is 316 g/mol. The molecule has 1 heterocycles. The molecule has 0 amide bonds. The number of anilines is 1. The minimum Gasteiger partial charge on any atom is -0.396 e. The highest BCUT2D eigenvalue weighted by atomic mass is 32.2. The van der Waals surface area contributed by atoms with E-state index in [4.69, 9.17) is 5.14 Å². The quantitative estimate of drug-likeness (QED) is 0.879. The van der Waals surface area contributed by atoms with Crippen molar-refractivity contribution in [1.82, 2.24) is 0 Å². The number of primary sulfonamides is 1. The SMILES string of the molecule is Cc1ccc(S(N)(=O)=O)c(N2CC(C)C(C)(CO)C2)c1F. The third kappa shape index (κ3) is 2.77. The third-order valence-corrected chi connectivity index (χ3v) is 5.43. The van der Waals surface area contributed by atoms with Crippen molar-refractivity contribution in [3.63, 3.8) is 0 Å². The van der Waals surface area contributed by atoms with Gasteiger partial charge in [0, 0.05) is 18.5 Å². The van der Waals surface area contributed by atoms with E-state index in [9.17, 15) is 17.9 Å². The van der Waals surface area contributed by atoms with Crippen LogP contribution < -0.4 is 10.0 Å². The number of aryl methyl sites for hydroxylation is 1. The first kappa shape index (κ1) is 16.2. The predicted molar refractivity (Wildman–Crippen MR) is 79.1 cm³/mol. The maximum atomic E-state index is 14.5. The summed E-state index contributed by atoms with van der Waals surface area (Å²) >= 11 is 0. The number of sulfonamides is 1. The number of benzene rings is 1. The molecule has 0 aliphatic carbocycles. The lowest BCUT2D eigenvalue weighted by molar-refractivity contribution is 0.125. The zero-order valence-electron chi connectivity index (χ0n) is 12.4. The highest BCUT2D eigenvalue weighted by Crippen LogP contribution is 2.40. The van der Waals surface area contributed by atoms with Crippen LogP contribution in [0.5, 0.6) is 0 Å². The standard InChI is InChI=1S/C14H21FN2O3S/c1-9-4-5-11(21(16,19)20)13(12(9)15)17-6-10(2)14(3,7-17)8-18/h4-5,10,18H,6-8H2,1-3H3,(H2,16,19,20). The second kappa shape index (κ2) is 5.23. The van der Waals surface area contributed by atoms with Gasteiger partial charge in [-0.15, -0.1) is 0 Å². The van der Waals surface area contributed by atoms with Gasteiger partial charge in [-0.2, -0.15) is 0 Å². The Morgan fingerprint density at radius 3 is 2.62 bits per heavy atom. The van der Waals surface area contributed by atoms with E-state index in [2.05, 4.69) is 0 Å². The first-order valence-electron chi connectivity index (χ1n) is 6.78. The number of hydrogen-bond acceptors (Lipinski definition) is 4. The minimum atomic E-state index is -4.02. The summed E-state index contributed by atoms with van der Waals surface area (Å²) < 4.78 is 37.9. The monoisotopic (exact) mass is 316 g/mol. The van der Waals surface area contributed by atoms with Crippen molar-refractivity contribution in [3.05, 3.63) is 23.5 Å². The van der Waals surface area contributed by atoms with Crippen molar-refractivity contribution < 1.29 is 17.9 Å². The van der Waals surface area contributed by atoms with Crippen LogP contribution in [0.2, 0.25) is 0 Å². The zero-order valence-corrected chi connectivity index (χ0v) is 13.2. The van der Waals surface area contributed by atoms with E-state index in [0.717, 1.165) is 0 Å². The normalized spacial score (nSPS) is 26.4. The van der Waals surface area contributed by atoms with Gasteiger partial charge in [0.2, 0.25) is 10.0 Å². The molecule has 2 atom stereocenters. The molecule has 3 N–H and O–H groups in total. The summed E-state index contributed by atoms with van der Waals surface area (Å²) in [6.07, 6.45) is 0. The average Bonchev–Trinajstić information content (AvgIpc) is 2.68. The van der Waals surface area contributed by atoms with E-state index in [1.165, 1.54) is 12.1 Å². The van der Waals surface area contributed by atoms with Crippen LogP contribution in [0.15, 0.2) is 17.0 Å². The van der Waals surface area contributed by atoms with E-state index >= 15 is 0 Å². The molecule has 0 aromatic heterocycles. The fourth-order valence-electron chi connectivity index (χ4n) is 2.76. The highest BCUT2D eigenvalue weighted by Gasteiger charge is 2.42. The Labute approximate surface area is 124 Å². The topological polar surface area (TPSA) is 83.6 Å². The second-order valence-electron chi connectivity index (χ2n) is 6.18. The van der Waals surface area contributed by atoms with Crippen molar-refractivity contribution in [1.29, 1.82) is 0 Å². The lowest BCUT2D eigenvalue weighted by Gasteiger charge is -2.26. The van der Waals surface area contributed by atoms with Crippen LogP contribution in [0.4, 0.5) is 10.1 Å². The summed E-state index contributed by atoms with van der Waals surface area (Å²) in [5.74, 6) is -0.466. The molecule has 1 aliphatic heterocycles. The lowest BCUT2D eigenvalue weighted by Crippen LogP contribution is -2.31. The Bertz CT molecular complexity index is 662. The molecule has 1 fully saturated rings. The molecule has 0 saturated carbocycles.